The molecule has 3 rings (SSSR count). The first-order chi connectivity index (χ1) is 10.0. The lowest BCUT2D eigenvalue weighted by Gasteiger charge is -2.32. The van der Waals surface area contributed by atoms with Crippen molar-refractivity contribution >= 4 is 39.6 Å². The summed E-state index contributed by atoms with van der Waals surface area (Å²) >= 11 is 1.06. The van der Waals surface area contributed by atoms with Gasteiger partial charge in [0.25, 0.3) is 11.8 Å². The number of hydrogen-bond acceptors (Lipinski definition) is 4. The van der Waals surface area contributed by atoms with Crippen LogP contribution in [0.5, 0.6) is 0 Å². The average Bonchev–Trinajstić information content (AvgIpc) is 2.84. The van der Waals surface area contributed by atoms with E-state index >= 15 is 0 Å². The molecule has 2 heterocycles. The summed E-state index contributed by atoms with van der Waals surface area (Å²) in [6.45, 7) is 1.45. The van der Waals surface area contributed by atoms with E-state index in [2.05, 4.69) is 0 Å². The van der Waals surface area contributed by atoms with Gasteiger partial charge in [0.15, 0.2) is 5.12 Å². The number of carbonyl (C=O) groups excluding carboxylic acids is 3. The Balaban J connectivity index is 2.10. The molecule has 1 unspecified atom stereocenters. The molecule has 1 amide bonds. The molecule has 0 fully saturated rings. The van der Waals surface area contributed by atoms with Gasteiger partial charge in [-0.1, -0.05) is 30.0 Å². The molecule has 0 bridgehead atoms. The smallest absolute Gasteiger partial charge is 0.271 e. The van der Waals surface area contributed by atoms with Crippen molar-refractivity contribution in [2.45, 2.75) is 13.0 Å². The lowest BCUT2D eigenvalue weighted by Crippen LogP contribution is -2.51. The Morgan fingerprint density at radius 2 is 2.00 bits per heavy atom. The number of aromatic nitrogens is 1. The maximum absolute atomic E-state index is 12.7. The molecule has 1 aliphatic rings. The number of para-hydroxylation sites is 1. The third kappa shape index (κ3) is 2.15. The van der Waals surface area contributed by atoms with Crippen molar-refractivity contribution in [1.82, 2.24) is 9.47 Å². The van der Waals surface area contributed by atoms with E-state index in [-0.39, 0.29) is 22.7 Å². The van der Waals surface area contributed by atoms with Gasteiger partial charge >= 0.3 is 0 Å². The van der Waals surface area contributed by atoms with E-state index in [0.29, 0.717) is 5.69 Å². The van der Waals surface area contributed by atoms with Crippen LogP contribution in [0.1, 0.15) is 22.2 Å². The summed E-state index contributed by atoms with van der Waals surface area (Å²) in [5, 5.41) is 0.800. The molecule has 2 aromatic rings. The van der Waals surface area contributed by atoms with E-state index in [1.54, 1.807) is 13.1 Å². The fourth-order valence-corrected chi connectivity index (χ4v) is 3.32. The normalized spacial score (nSPS) is 18.2. The highest BCUT2D eigenvalue weighted by molar-refractivity contribution is 8.13. The molecular weight excluding hydrogens is 288 g/mol. The van der Waals surface area contributed by atoms with Gasteiger partial charge in [0.2, 0.25) is 0 Å². The third-order valence-corrected chi connectivity index (χ3v) is 4.56. The van der Waals surface area contributed by atoms with Crippen LogP contribution in [0.15, 0.2) is 30.3 Å². The summed E-state index contributed by atoms with van der Waals surface area (Å²) in [6, 6.07) is 8.53. The quantitative estimate of drug-likeness (QED) is 0.851. The van der Waals surface area contributed by atoms with Gasteiger partial charge < -0.3 is 4.90 Å². The van der Waals surface area contributed by atoms with Gasteiger partial charge in [0, 0.05) is 25.1 Å². The minimum absolute atomic E-state index is 0.0631. The second-order valence-corrected chi connectivity index (χ2v) is 6.19. The second kappa shape index (κ2) is 5.04. The zero-order valence-electron chi connectivity index (χ0n) is 11.7. The molecule has 1 atom stereocenters. The van der Waals surface area contributed by atoms with Crippen LogP contribution in [-0.2, 0) is 4.79 Å². The molecule has 0 radical (unpaired) electrons. The highest BCUT2D eigenvalue weighted by atomic mass is 32.2. The minimum atomic E-state index is -0.616. The van der Waals surface area contributed by atoms with E-state index in [9.17, 15) is 14.4 Å². The molecule has 1 aromatic carbocycles. The van der Waals surface area contributed by atoms with Crippen molar-refractivity contribution < 1.29 is 14.4 Å². The van der Waals surface area contributed by atoms with Gasteiger partial charge in [-0.25, -0.2) is 0 Å². The maximum Gasteiger partial charge on any atom is 0.271 e. The first kappa shape index (κ1) is 13.9. The summed E-state index contributed by atoms with van der Waals surface area (Å²) in [5.41, 5.74) is 1.12. The number of carbonyl (C=O) groups is 3. The highest BCUT2D eigenvalue weighted by Gasteiger charge is 2.37. The van der Waals surface area contributed by atoms with Crippen molar-refractivity contribution in [2.75, 3.05) is 12.8 Å². The van der Waals surface area contributed by atoms with Crippen LogP contribution in [0.3, 0.4) is 0 Å². The average molecular weight is 302 g/mol. The molecule has 0 aliphatic carbocycles. The maximum atomic E-state index is 12.7. The van der Waals surface area contributed by atoms with E-state index in [1.807, 2.05) is 24.3 Å². The van der Waals surface area contributed by atoms with E-state index in [0.717, 1.165) is 22.7 Å². The Kier molecular flexibility index (Phi) is 3.33. The molecule has 0 saturated heterocycles. The molecule has 1 aromatic heterocycles. The number of fused-ring (bicyclic) bond motifs is 3. The van der Waals surface area contributed by atoms with E-state index in [4.69, 9.17) is 0 Å². The number of benzene rings is 1. The Hall–Kier alpha value is -2.08. The molecule has 5 nitrogen and oxygen atoms in total. The van der Waals surface area contributed by atoms with Crippen LogP contribution in [0.2, 0.25) is 0 Å². The molecule has 108 valence electrons. The standard InChI is InChI=1S/C15H14N2O3S/c1-9(18)21-8-13-15(20)17-11-6-4-3-5-10(11)7-12(17)14(19)16(13)2/h3-7,13H,8H2,1-2H3. The summed E-state index contributed by atoms with van der Waals surface area (Å²) in [5.74, 6) is -0.0791. The summed E-state index contributed by atoms with van der Waals surface area (Å²) in [7, 11) is 1.60. The van der Waals surface area contributed by atoms with Gasteiger partial charge in [-0.05, 0) is 12.1 Å². The molecule has 0 N–H and O–H groups in total. The molecule has 6 heteroatoms. The lowest BCUT2D eigenvalue weighted by atomic mass is 10.2. The largest absolute Gasteiger partial charge is 0.327 e. The first-order valence-electron chi connectivity index (χ1n) is 6.56. The van der Waals surface area contributed by atoms with Crippen LogP contribution in [0.4, 0.5) is 0 Å². The zero-order valence-corrected chi connectivity index (χ0v) is 12.5. The van der Waals surface area contributed by atoms with Crippen LogP contribution in [-0.4, -0.2) is 45.2 Å². The first-order valence-corrected chi connectivity index (χ1v) is 7.54. The van der Waals surface area contributed by atoms with Crippen molar-refractivity contribution in [3.05, 3.63) is 36.0 Å². The predicted octanol–water partition coefficient (Wildman–Crippen LogP) is 2.02. The molecule has 1 aliphatic heterocycles. The van der Waals surface area contributed by atoms with E-state index in [1.165, 1.54) is 16.4 Å². The van der Waals surface area contributed by atoms with Gasteiger partial charge in [0.1, 0.15) is 11.7 Å². The number of hydrogen-bond donors (Lipinski definition) is 0. The number of nitrogens with zero attached hydrogens (tertiary/aromatic N) is 2. The van der Waals surface area contributed by atoms with Crippen molar-refractivity contribution in [3.63, 3.8) is 0 Å². The number of thioether (sulfide) groups is 1. The van der Waals surface area contributed by atoms with Crippen molar-refractivity contribution in [3.8, 4) is 0 Å². The van der Waals surface area contributed by atoms with Gasteiger partial charge in [0.05, 0.1) is 5.52 Å². The Morgan fingerprint density at radius 3 is 2.71 bits per heavy atom. The van der Waals surface area contributed by atoms with Crippen molar-refractivity contribution in [2.24, 2.45) is 0 Å². The Bertz CT molecular complexity index is 765. The van der Waals surface area contributed by atoms with Crippen LogP contribution in [0, 0.1) is 0 Å². The highest BCUT2D eigenvalue weighted by Crippen LogP contribution is 2.27. The predicted molar refractivity (Wildman–Crippen MR) is 81.6 cm³/mol. The van der Waals surface area contributed by atoms with Crippen molar-refractivity contribution in [1.29, 1.82) is 0 Å². The molecule has 0 spiro atoms. The molecule has 0 saturated carbocycles. The van der Waals surface area contributed by atoms with E-state index < -0.39 is 6.04 Å². The van der Waals surface area contributed by atoms with Crippen LogP contribution >= 0.6 is 11.8 Å². The monoisotopic (exact) mass is 302 g/mol. The second-order valence-electron chi connectivity index (χ2n) is 5.00. The van der Waals surface area contributed by atoms with Gasteiger partial charge in [-0.2, -0.15) is 0 Å². The fraction of sp³-hybridized carbons (Fsp3) is 0.267. The van der Waals surface area contributed by atoms with Crippen LogP contribution < -0.4 is 0 Å². The fourth-order valence-electron chi connectivity index (χ4n) is 2.57. The number of rotatable bonds is 2. The topological polar surface area (TPSA) is 59.4 Å². The molecular formula is C15H14N2O3S. The molecule has 21 heavy (non-hydrogen) atoms. The summed E-state index contributed by atoms with van der Waals surface area (Å²) < 4.78 is 1.48. The van der Waals surface area contributed by atoms with Crippen LogP contribution in [0.25, 0.3) is 10.9 Å². The third-order valence-electron chi connectivity index (χ3n) is 3.67. The SMILES string of the molecule is CC(=O)SCC1C(=O)n2c(cc3ccccc32)C(=O)N1C. The Labute approximate surface area is 125 Å². The zero-order chi connectivity index (χ0) is 15.1. The number of amides is 1. The summed E-state index contributed by atoms with van der Waals surface area (Å²) in [4.78, 5) is 37.7. The lowest BCUT2D eigenvalue weighted by molar-refractivity contribution is -0.109. The van der Waals surface area contributed by atoms with Gasteiger partial charge in [-0.3, -0.25) is 19.0 Å². The number of likely N-dealkylation sites (N-methyl/N-ethyl adjacent to an activating group) is 1. The Morgan fingerprint density at radius 1 is 1.29 bits per heavy atom. The van der Waals surface area contributed by atoms with Gasteiger partial charge in [-0.15, -0.1) is 0 Å². The minimum Gasteiger partial charge on any atom is -0.327 e. The summed E-state index contributed by atoms with van der Waals surface area (Å²) in [6.07, 6.45) is 0.